The molecule has 0 amide bonds. The van der Waals surface area contributed by atoms with Gasteiger partial charge >= 0.3 is 0 Å². The highest BCUT2D eigenvalue weighted by Crippen LogP contribution is 2.32. The SMILES string of the molecule is CC1CCC(CO)(NS(=O)(=O)CCc2ccccc2)CC1. The fourth-order valence-electron chi connectivity index (χ4n) is 2.88. The molecule has 1 fully saturated rings. The third kappa shape index (κ3) is 4.80. The summed E-state index contributed by atoms with van der Waals surface area (Å²) in [5.74, 6) is 0.674. The molecule has 5 heteroatoms. The maximum Gasteiger partial charge on any atom is 0.212 e. The minimum atomic E-state index is -3.38. The van der Waals surface area contributed by atoms with E-state index in [1.807, 2.05) is 30.3 Å². The molecule has 1 saturated carbocycles. The van der Waals surface area contributed by atoms with E-state index < -0.39 is 15.6 Å². The van der Waals surface area contributed by atoms with Crippen LogP contribution in [0.15, 0.2) is 30.3 Å². The molecule has 0 radical (unpaired) electrons. The molecule has 21 heavy (non-hydrogen) atoms. The number of aliphatic hydroxyl groups is 1. The van der Waals surface area contributed by atoms with Gasteiger partial charge in [0.1, 0.15) is 0 Å². The van der Waals surface area contributed by atoms with Crippen LogP contribution < -0.4 is 4.72 Å². The second-order valence-electron chi connectivity index (χ2n) is 6.28. The highest BCUT2D eigenvalue weighted by molar-refractivity contribution is 7.89. The molecule has 0 aromatic heterocycles. The van der Waals surface area contributed by atoms with Gasteiger partial charge in [0.05, 0.1) is 17.9 Å². The predicted molar refractivity (Wildman–Crippen MR) is 84.5 cm³/mol. The van der Waals surface area contributed by atoms with Gasteiger partial charge in [-0.05, 0) is 43.6 Å². The van der Waals surface area contributed by atoms with E-state index in [-0.39, 0.29) is 12.4 Å². The van der Waals surface area contributed by atoms with Crippen molar-refractivity contribution in [2.24, 2.45) is 5.92 Å². The summed E-state index contributed by atoms with van der Waals surface area (Å²) in [6, 6.07) is 9.60. The Bertz CT molecular complexity index is 534. The molecule has 4 nitrogen and oxygen atoms in total. The summed E-state index contributed by atoms with van der Waals surface area (Å²) in [7, 11) is -3.38. The van der Waals surface area contributed by atoms with Gasteiger partial charge in [0.2, 0.25) is 10.0 Å². The van der Waals surface area contributed by atoms with Gasteiger partial charge in [-0.15, -0.1) is 0 Å². The normalized spacial score (nSPS) is 26.7. The summed E-state index contributed by atoms with van der Waals surface area (Å²) in [5.41, 5.74) is 0.361. The molecule has 0 unspecified atom stereocenters. The summed E-state index contributed by atoms with van der Waals surface area (Å²) < 4.78 is 27.4. The van der Waals surface area contributed by atoms with Crippen LogP contribution in [0.5, 0.6) is 0 Å². The largest absolute Gasteiger partial charge is 0.394 e. The van der Waals surface area contributed by atoms with E-state index in [0.717, 1.165) is 31.2 Å². The van der Waals surface area contributed by atoms with Crippen molar-refractivity contribution in [3.05, 3.63) is 35.9 Å². The van der Waals surface area contributed by atoms with E-state index in [1.54, 1.807) is 0 Å². The van der Waals surface area contributed by atoms with Crippen LogP contribution in [0.25, 0.3) is 0 Å². The molecule has 0 spiro atoms. The highest BCUT2D eigenvalue weighted by atomic mass is 32.2. The highest BCUT2D eigenvalue weighted by Gasteiger charge is 2.36. The van der Waals surface area contributed by atoms with E-state index >= 15 is 0 Å². The van der Waals surface area contributed by atoms with Crippen molar-refractivity contribution in [2.45, 2.75) is 44.6 Å². The number of nitrogens with one attached hydrogen (secondary N) is 1. The van der Waals surface area contributed by atoms with Crippen molar-refractivity contribution in [1.29, 1.82) is 0 Å². The van der Waals surface area contributed by atoms with E-state index in [1.165, 1.54) is 0 Å². The zero-order valence-electron chi connectivity index (χ0n) is 12.6. The predicted octanol–water partition coefficient (Wildman–Crippen LogP) is 2.09. The molecule has 1 aromatic carbocycles. The Hall–Kier alpha value is -0.910. The smallest absolute Gasteiger partial charge is 0.212 e. The minimum Gasteiger partial charge on any atom is -0.394 e. The molecule has 0 heterocycles. The second kappa shape index (κ2) is 6.90. The zero-order valence-corrected chi connectivity index (χ0v) is 13.4. The number of hydrogen-bond donors (Lipinski definition) is 2. The number of sulfonamides is 1. The van der Waals surface area contributed by atoms with Crippen LogP contribution in [-0.2, 0) is 16.4 Å². The number of hydrogen-bond acceptors (Lipinski definition) is 3. The molecule has 1 aliphatic carbocycles. The van der Waals surface area contributed by atoms with Crippen LogP contribution >= 0.6 is 0 Å². The topological polar surface area (TPSA) is 66.4 Å². The van der Waals surface area contributed by atoms with Gasteiger partial charge in [-0.2, -0.15) is 0 Å². The fourth-order valence-corrected chi connectivity index (χ4v) is 4.42. The van der Waals surface area contributed by atoms with E-state index in [9.17, 15) is 13.5 Å². The molecule has 0 atom stereocenters. The first-order valence-electron chi connectivity index (χ1n) is 7.61. The van der Waals surface area contributed by atoms with Crippen LogP contribution in [-0.4, -0.2) is 31.4 Å². The first-order valence-corrected chi connectivity index (χ1v) is 9.26. The summed E-state index contributed by atoms with van der Waals surface area (Å²) in [5, 5.41) is 9.65. The molecule has 1 aliphatic rings. The lowest BCUT2D eigenvalue weighted by Gasteiger charge is -2.38. The van der Waals surface area contributed by atoms with Crippen molar-refractivity contribution in [3.8, 4) is 0 Å². The number of aryl methyl sites for hydroxylation is 1. The summed E-state index contributed by atoms with van der Waals surface area (Å²) in [6.07, 6.45) is 3.85. The second-order valence-corrected chi connectivity index (χ2v) is 8.12. The summed E-state index contributed by atoms with van der Waals surface area (Å²) in [4.78, 5) is 0. The van der Waals surface area contributed by atoms with Gasteiger partial charge in [0.15, 0.2) is 0 Å². The Morgan fingerprint density at radius 1 is 1.24 bits per heavy atom. The average Bonchev–Trinajstić information content (AvgIpc) is 2.49. The standard InChI is InChI=1S/C16H25NO3S/c1-14-7-10-16(13-18,11-8-14)17-21(19,20)12-9-15-5-3-2-4-6-15/h2-6,14,17-18H,7-13H2,1H3. The van der Waals surface area contributed by atoms with Gasteiger partial charge in [-0.1, -0.05) is 37.3 Å². The van der Waals surface area contributed by atoms with Crippen molar-refractivity contribution in [2.75, 3.05) is 12.4 Å². The van der Waals surface area contributed by atoms with Crippen molar-refractivity contribution < 1.29 is 13.5 Å². The van der Waals surface area contributed by atoms with Crippen LogP contribution in [0.2, 0.25) is 0 Å². The molecule has 118 valence electrons. The van der Waals surface area contributed by atoms with E-state index in [0.29, 0.717) is 12.3 Å². The Kier molecular flexibility index (Phi) is 5.41. The van der Waals surface area contributed by atoms with Crippen molar-refractivity contribution in [3.63, 3.8) is 0 Å². The molecule has 0 saturated heterocycles. The molecule has 0 bridgehead atoms. The molecule has 2 rings (SSSR count). The Morgan fingerprint density at radius 2 is 1.86 bits per heavy atom. The number of aliphatic hydroxyl groups excluding tert-OH is 1. The molecule has 2 N–H and O–H groups in total. The maximum atomic E-state index is 12.3. The lowest BCUT2D eigenvalue weighted by molar-refractivity contribution is 0.125. The number of benzene rings is 1. The molecular weight excluding hydrogens is 286 g/mol. The third-order valence-corrected chi connectivity index (χ3v) is 5.89. The van der Waals surface area contributed by atoms with Crippen molar-refractivity contribution >= 4 is 10.0 Å². The summed E-state index contributed by atoms with van der Waals surface area (Å²) in [6.45, 7) is 2.05. The van der Waals surface area contributed by atoms with Crippen LogP contribution in [0.4, 0.5) is 0 Å². The van der Waals surface area contributed by atoms with E-state index in [4.69, 9.17) is 0 Å². The average molecular weight is 311 g/mol. The van der Waals surface area contributed by atoms with Gasteiger partial charge in [0.25, 0.3) is 0 Å². The first-order chi connectivity index (χ1) is 9.95. The number of rotatable bonds is 6. The minimum absolute atomic E-state index is 0.0638. The maximum absolute atomic E-state index is 12.3. The van der Waals surface area contributed by atoms with Crippen molar-refractivity contribution in [1.82, 2.24) is 4.72 Å². The van der Waals surface area contributed by atoms with Crippen LogP contribution in [0.1, 0.15) is 38.2 Å². The summed E-state index contributed by atoms with van der Waals surface area (Å²) >= 11 is 0. The van der Waals surface area contributed by atoms with Crippen LogP contribution in [0, 0.1) is 5.92 Å². The van der Waals surface area contributed by atoms with Gasteiger partial charge in [-0.3, -0.25) is 0 Å². The molecule has 1 aromatic rings. The van der Waals surface area contributed by atoms with Crippen LogP contribution in [0.3, 0.4) is 0 Å². The van der Waals surface area contributed by atoms with Gasteiger partial charge in [0, 0.05) is 0 Å². The van der Waals surface area contributed by atoms with Gasteiger partial charge < -0.3 is 5.11 Å². The van der Waals surface area contributed by atoms with E-state index in [2.05, 4.69) is 11.6 Å². The lowest BCUT2D eigenvalue weighted by Crippen LogP contribution is -2.53. The third-order valence-electron chi connectivity index (χ3n) is 4.41. The first kappa shape index (κ1) is 16.5. The fraction of sp³-hybridized carbons (Fsp3) is 0.625. The van der Waals surface area contributed by atoms with Gasteiger partial charge in [-0.25, -0.2) is 13.1 Å². The Labute approximate surface area is 127 Å². The Morgan fingerprint density at radius 3 is 2.43 bits per heavy atom. The quantitative estimate of drug-likeness (QED) is 0.845. The molecular formula is C16H25NO3S. The zero-order chi connectivity index (χ0) is 15.3. The monoisotopic (exact) mass is 311 g/mol. The molecule has 0 aliphatic heterocycles. The Balaban J connectivity index is 1.96. The lowest BCUT2D eigenvalue weighted by atomic mass is 9.78.